The van der Waals surface area contributed by atoms with Gasteiger partial charge in [0.2, 0.25) is 0 Å². The highest BCUT2D eigenvalue weighted by molar-refractivity contribution is 9.10. The molecule has 0 aliphatic carbocycles. The molecule has 1 rings (SSSR count). The number of rotatable bonds is 4. The molecule has 0 saturated heterocycles. The molecule has 1 aromatic rings. The first-order valence-corrected chi connectivity index (χ1v) is 5.55. The molecule has 2 nitrogen and oxygen atoms in total. The molecule has 0 fully saturated rings. The zero-order chi connectivity index (χ0) is 8.97. The van der Waals surface area contributed by atoms with Crippen LogP contribution in [0.2, 0.25) is 0 Å². The van der Waals surface area contributed by atoms with Gasteiger partial charge in [0.25, 0.3) is 0 Å². The summed E-state index contributed by atoms with van der Waals surface area (Å²) in [5, 5.41) is 5.15. The van der Waals surface area contributed by atoms with Crippen LogP contribution in [0.25, 0.3) is 0 Å². The normalized spacial score (nSPS) is 13.2. The van der Waals surface area contributed by atoms with Crippen molar-refractivity contribution in [3.63, 3.8) is 0 Å². The van der Waals surface area contributed by atoms with Gasteiger partial charge in [0, 0.05) is 20.8 Å². The summed E-state index contributed by atoms with van der Waals surface area (Å²) in [7, 11) is 1.94. The monoisotopic (exact) mass is 248 g/mol. The Kier molecular flexibility index (Phi) is 4.21. The van der Waals surface area contributed by atoms with E-state index in [2.05, 4.69) is 32.7 Å². The number of hydrogen-bond donors (Lipinski definition) is 2. The van der Waals surface area contributed by atoms with E-state index in [0.717, 1.165) is 17.4 Å². The van der Waals surface area contributed by atoms with E-state index in [9.17, 15) is 0 Å². The lowest BCUT2D eigenvalue weighted by molar-refractivity contribution is 0.623. The highest BCUT2D eigenvalue weighted by atomic mass is 79.9. The first-order valence-electron chi connectivity index (χ1n) is 3.88. The van der Waals surface area contributed by atoms with Gasteiger partial charge in [-0.05, 0) is 42.0 Å². The Labute approximate surface area is 85.3 Å². The molecule has 0 aliphatic rings. The third-order valence-electron chi connectivity index (χ3n) is 1.66. The van der Waals surface area contributed by atoms with Crippen molar-refractivity contribution in [3.05, 3.63) is 20.8 Å². The highest BCUT2D eigenvalue weighted by Gasteiger charge is 2.06. The third kappa shape index (κ3) is 2.86. The molecule has 1 aromatic heterocycles. The molecule has 0 radical (unpaired) electrons. The van der Waals surface area contributed by atoms with E-state index in [4.69, 9.17) is 5.73 Å². The summed E-state index contributed by atoms with van der Waals surface area (Å²) in [6.45, 7) is 0.969. The van der Waals surface area contributed by atoms with Gasteiger partial charge in [-0.1, -0.05) is 0 Å². The van der Waals surface area contributed by atoms with Crippen molar-refractivity contribution in [2.75, 3.05) is 13.6 Å². The zero-order valence-corrected chi connectivity index (χ0v) is 9.41. The van der Waals surface area contributed by atoms with Crippen molar-refractivity contribution in [3.8, 4) is 0 Å². The van der Waals surface area contributed by atoms with Crippen LogP contribution in [0.3, 0.4) is 0 Å². The lowest BCUT2D eigenvalue weighted by Gasteiger charge is -2.07. The van der Waals surface area contributed by atoms with E-state index in [1.165, 1.54) is 4.88 Å². The van der Waals surface area contributed by atoms with Crippen LogP contribution >= 0.6 is 27.3 Å². The molecule has 68 valence electrons. The Morgan fingerprint density at radius 1 is 1.75 bits per heavy atom. The molecule has 1 unspecified atom stereocenters. The lowest BCUT2D eigenvalue weighted by Crippen LogP contribution is -2.16. The predicted molar refractivity (Wildman–Crippen MR) is 57.5 cm³/mol. The van der Waals surface area contributed by atoms with Crippen molar-refractivity contribution in [2.24, 2.45) is 5.73 Å². The highest BCUT2D eigenvalue weighted by Crippen LogP contribution is 2.25. The SMILES string of the molecule is CNCCC(N)c1cc(Br)cs1. The van der Waals surface area contributed by atoms with E-state index >= 15 is 0 Å². The van der Waals surface area contributed by atoms with E-state index in [-0.39, 0.29) is 6.04 Å². The minimum atomic E-state index is 0.175. The molecule has 0 amide bonds. The van der Waals surface area contributed by atoms with Crippen LogP contribution in [0.1, 0.15) is 17.3 Å². The lowest BCUT2D eigenvalue weighted by atomic mass is 10.2. The summed E-state index contributed by atoms with van der Waals surface area (Å²) in [5.74, 6) is 0. The Morgan fingerprint density at radius 3 is 3.00 bits per heavy atom. The molecule has 0 spiro atoms. The number of thiophene rings is 1. The summed E-state index contributed by atoms with van der Waals surface area (Å²) >= 11 is 5.12. The van der Waals surface area contributed by atoms with E-state index in [1.54, 1.807) is 11.3 Å². The Morgan fingerprint density at radius 2 is 2.50 bits per heavy atom. The first kappa shape index (κ1) is 10.2. The van der Waals surface area contributed by atoms with Crippen molar-refractivity contribution < 1.29 is 0 Å². The Balaban J connectivity index is 2.47. The number of halogens is 1. The van der Waals surface area contributed by atoms with E-state index < -0.39 is 0 Å². The smallest absolute Gasteiger partial charge is 0.0402 e. The van der Waals surface area contributed by atoms with Crippen LogP contribution in [0.5, 0.6) is 0 Å². The van der Waals surface area contributed by atoms with Crippen molar-refractivity contribution >= 4 is 27.3 Å². The Hall–Kier alpha value is 0.1000. The van der Waals surface area contributed by atoms with Gasteiger partial charge >= 0.3 is 0 Å². The van der Waals surface area contributed by atoms with Gasteiger partial charge in [0.1, 0.15) is 0 Å². The predicted octanol–water partition coefficient (Wildman–Crippen LogP) is 2.12. The zero-order valence-electron chi connectivity index (χ0n) is 7.01. The average Bonchev–Trinajstić information content (AvgIpc) is 2.47. The average molecular weight is 249 g/mol. The minimum absolute atomic E-state index is 0.175. The largest absolute Gasteiger partial charge is 0.323 e. The number of nitrogens with one attached hydrogen (secondary N) is 1. The van der Waals surface area contributed by atoms with Gasteiger partial charge < -0.3 is 11.1 Å². The van der Waals surface area contributed by atoms with Crippen LogP contribution in [0, 0.1) is 0 Å². The molecular weight excluding hydrogens is 236 g/mol. The standard InChI is InChI=1S/C8H13BrN2S/c1-11-3-2-7(10)8-4-6(9)5-12-8/h4-5,7,11H,2-3,10H2,1H3. The maximum atomic E-state index is 5.94. The molecule has 0 saturated carbocycles. The molecule has 4 heteroatoms. The number of hydrogen-bond acceptors (Lipinski definition) is 3. The second kappa shape index (κ2) is 4.97. The van der Waals surface area contributed by atoms with Crippen LogP contribution in [-0.2, 0) is 0 Å². The quantitative estimate of drug-likeness (QED) is 0.857. The molecular formula is C8H13BrN2S. The second-order valence-electron chi connectivity index (χ2n) is 2.67. The van der Waals surface area contributed by atoms with Crippen molar-refractivity contribution in [2.45, 2.75) is 12.5 Å². The van der Waals surface area contributed by atoms with Gasteiger partial charge in [-0.2, -0.15) is 0 Å². The fraction of sp³-hybridized carbons (Fsp3) is 0.500. The third-order valence-corrected chi connectivity index (χ3v) is 3.48. The molecule has 0 bridgehead atoms. The topological polar surface area (TPSA) is 38.0 Å². The van der Waals surface area contributed by atoms with Crippen molar-refractivity contribution in [1.29, 1.82) is 0 Å². The Bertz CT molecular complexity index is 237. The van der Waals surface area contributed by atoms with E-state index in [0.29, 0.717) is 0 Å². The van der Waals surface area contributed by atoms with Crippen LogP contribution in [0.4, 0.5) is 0 Å². The molecule has 0 aromatic carbocycles. The summed E-state index contributed by atoms with van der Waals surface area (Å²) in [6, 6.07) is 2.26. The van der Waals surface area contributed by atoms with Gasteiger partial charge in [-0.25, -0.2) is 0 Å². The number of nitrogens with two attached hydrogens (primary N) is 1. The molecule has 12 heavy (non-hydrogen) atoms. The minimum Gasteiger partial charge on any atom is -0.323 e. The van der Waals surface area contributed by atoms with Gasteiger partial charge in [-0.15, -0.1) is 11.3 Å². The van der Waals surface area contributed by atoms with E-state index in [1.807, 2.05) is 7.05 Å². The van der Waals surface area contributed by atoms with Crippen LogP contribution < -0.4 is 11.1 Å². The van der Waals surface area contributed by atoms with Gasteiger partial charge in [-0.3, -0.25) is 0 Å². The molecule has 3 N–H and O–H groups in total. The molecule has 1 heterocycles. The van der Waals surface area contributed by atoms with Gasteiger partial charge in [0.15, 0.2) is 0 Å². The molecule has 0 aliphatic heterocycles. The first-order chi connectivity index (χ1) is 5.74. The second-order valence-corrected chi connectivity index (χ2v) is 4.52. The maximum Gasteiger partial charge on any atom is 0.0402 e. The summed E-state index contributed by atoms with van der Waals surface area (Å²) in [4.78, 5) is 1.25. The summed E-state index contributed by atoms with van der Waals surface area (Å²) in [6.07, 6.45) is 0.990. The maximum absolute atomic E-state index is 5.94. The van der Waals surface area contributed by atoms with Crippen molar-refractivity contribution in [1.82, 2.24) is 5.32 Å². The van der Waals surface area contributed by atoms with Crippen LogP contribution in [-0.4, -0.2) is 13.6 Å². The fourth-order valence-electron chi connectivity index (χ4n) is 0.965. The molecule has 1 atom stereocenters. The van der Waals surface area contributed by atoms with Gasteiger partial charge in [0.05, 0.1) is 0 Å². The summed E-state index contributed by atoms with van der Waals surface area (Å²) < 4.78 is 1.13. The summed E-state index contributed by atoms with van der Waals surface area (Å²) in [5.41, 5.74) is 5.94. The van der Waals surface area contributed by atoms with Crippen LogP contribution in [0.15, 0.2) is 15.9 Å². The fourth-order valence-corrected chi connectivity index (χ4v) is 2.45.